The van der Waals surface area contributed by atoms with Crippen molar-refractivity contribution >= 4 is 52.3 Å². The van der Waals surface area contributed by atoms with Crippen LogP contribution in [-0.4, -0.2) is 110 Å². The van der Waals surface area contributed by atoms with Crippen molar-refractivity contribution < 1.29 is 53.1 Å². The Morgan fingerprint density at radius 1 is 0.860 bits per heavy atom. The van der Waals surface area contributed by atoms with E-state index in [1.165, 1.54) is 24.3 Å². The highest BCUT2D eigenvalue weighted by molar-refractivity contribution is 7.85. The second kappa shape index (κ2) is 16.8. The van der Waals surface area contributed by atoms with Gasteiger partial charge in [-0.2, -0.15) is 0 Å². The van der Waals surface area contributed by atoms with Gasteiger partial charge >= 0.3 is 11.9 Å². The lowest BCUT2D eigenvalue weighted by Gasteiger charge is -2.24. The van der Waals surface area contributed by atoms with E-state index < -0.39 is 101 Å². The summed E-state index contributed by atoms with van der Waals surface area (Å²) in [6.45, 7) is -0.583. The third-order valence-corrected chi connectivity index (χ3v) is 7.36. The van der Waals surface area contributed by atoms with Gasteiger partial charge < -0.3 is 47.6 Å². The summed E-state index contributed by atoms with van der Waals surface area (Å²) in [6, 6.07) is -0.410. The van der Waals surface area contributed by atoms with E-state index in [0.717, 1.165) is 0 Å². The third-order valence-electron chi connectivity index (χ3n) is 6.07. The Labute approximate surface area is 247 Å². The number of hydrogen-bond donors (Lipinski definition) is 9. The minimum Gasteiger partial charge on any atom is -0.508 e. The Kier molecular flexibility index (Phi) is 13.5. The van der Waals surface area contributed by atoms with Crippen LogP contribution in [0.3, 0.4) is 0 Å². The fourth-order valence-electron chi connectivity index (χ4n) is 3.93. The van der Waals surface area contributed by atoms with Crippen LogP contribution >= 0.6 is 0 Å². The first kappa shape index (κ1) is 34.6. The van der Waals surface area contributed by atoms with Crippen molar-refractivity contribution in [2.45, 2.75) is 49.9 Å². The predicted molar refractivity (Wildman–Crippen MR) is 149 cm³/mol. The number of phenolic OH excluding ortho intramolecular Hbond substituents is 1. The molecule has 18 heteroatoms. The number of carboxylic acid groups (broad SMARTS) is 2. The fraction of sp³-hybridized carbons (Fsp3) is 0.480. The quantitative estimate of drug-likeness (QED) is 0.134. The van der Waals surface area contributed by atoms with Crippen LogP contribution in [0.4, 0.5) is 0 Å². The number of amides is 5. The van der Waals surface area contributed by atoms with E-state index in [2.05, 4.69) is 21.3 Å². The molecular formula is C25H34N6O11S. The predicted octanol–water partition coefficient (Wildman–Crippen LogP) is -3.95. The molecular weight excluding hydrogens is 592 g/mol. The van der Waals surface area contributed by atoms with Gasteiger partial charge in [-0.05, 0) is 37.1 Å². The first-order valence-corrected chi connectivity index (χ1v) is 14.5. The SMILES string of the molecule is NCCC[C@@H]1NC(=O)[C@@H](Cc2ccc(O)cc2)NC(=O)CS(=O)C[C@@H](C(=O)O)NC(=O)[C@H](CC(=O)O)NC(=O)CNC1=O. The Bertz CT molecular complexity index is 1240. The molecule has 0 radical (unpaired) electrons. The monoisotopic (exact) mass is 626 g/mol. The second-order valence-electron chi connectivity index (χ2n) is 9.57. The van der Waals surface area contributed by atoms with E-state index in [1.807, 2.05) is 5.32 Å². The molecule has 5 amide bonds. The van der Waals surface area contributed by atoms with Crippen molar-refractivity contribution in [1.29, 1.82) is 0 Å². The number of carboxylic acids is 2. The highest BCUT2D eigenvalue weighted by atomic mass is 32.2. The molecule has 236 valence electrons. The number of carbonyl (C=O) groups excluding carboxylic acids is 5. The topological polar surface area (TPSA) is 283 Å². The van der Waals surface area contributed by atoms with Crippen LogP contribution in [0.2, 0.25) is 0 Å². The molecule has 1 aromatic rings. The van der Waals surface area contributed by atoms with Crippen LogP contribution < -0.4 is 32.3 Å². The van der Waals surface area contributed by atoms with Crippen LogP contribution in [0.25, 0.3) is 0 Å². The molecule has 2 rings (SSSR count). The number of benzene rings is 1. The van der Waals surface area contributed by atoms with Gasteiger partial charge in [0.25, 0.3) is 0 Å². The Hall–Kier alpha value is -4.58. The van der Waals surface area contributed by atoms with Gasteiger partial charge in [-0.3, -0.25) is 33.0 Å². The summed E-state index contributed by atoms with van der Waals surface area (Å²) in [5, 5.41) is 39.5. The molecule has 0 aromatic heterocycles. The highest BCUT2D eigenvalue weighted by Gasteiger charge is 2.32. The summed E-state index contributed by atoms with van der Waals surface area (Å²) in [6.07, 6.45) is -0.734. The van der Waals surface area contributed by atoms with E-state index in [0.29, 0.717) is 5.56 Å². The number of nitrogens with one attached hydrogen (secondary N) is 5. The maximum atomic E-state index is 13.3. The summed E-state index contributed by atoms with van der Waals surface area (Å²) < 4.78 is 12.7. The van der Waals surface area contributed by atoms with Gasteiger partial charge in [0.05, 0.1) is 18.7 Å². The minimum atomic E-state index is -2.20. The summed E-state index contributed by atoms with van der Waals surface area (Å²) in [7, 11) is -2.20. The van der Waals surface area contributed by atoms with Crippen LogP contribution in [0.1, 0.15) is 24.8 Å². The van der Waals surface area contributed by atoms with E-state index in [4.69, 9.17) is 10.8 Å². The van der Waals surface area contributed by atoms with Crippen molar-refractivity contribution in [2.24, 2.45) is 5.73 Å². The second-order valence-corrected chi connectivity index (χ2v) is 11.1. The molecule has 10 N–H and O–H groups in total. The number of aliphatic carboxylic acids is 2. The summed E-state index contributed by atoms with van der Waals surface area (Å²) in [4.78, 5) is 87.2. The van der Waals surface area contributed by atoms with Gasteiger partial charge in [0.1, 0.15) is 35.7 Å². The molecule has 17 nitrogen and oxygen atoms in total. The number of aromatic hydroxyl groups is 1. The van der Waals surface area contributed by atoms with Gasteiger partial charge in [0, 0.05) is 17.2 Å². The van der Waals surface area contributed by atoms with Crippen LogP contribution in [-0.2, 0) is 50.8 Å². The van der Waals surface area contributed by atoms with Crippen LogP contribution in [0.15, 0.2) is 24.3 Å². The van der Waals surface area contributed by atoms with Gasteiger partial charge in [0.15, 0.2) is 0 Å². The molecule has 1 aliphatic heterocycles. The molecule has 1 aromatic carbocycles. The number of rotatable bonds is 8. The smallest absolute Gasteiger partial charge is 0.327 e. The maximum Gasteiger partial charge on any atom is 0.327 e. The number of carbonyl (C=O) groups is 7. The van der Waals surface area contributed by atoms with Crippen molar-refractivity contribution in [3.63, 3.8) is 0 Å². The van der Waals surface area contributed by atoms with Gasteiger partial charge in [0.2, 0.25) is 29.5 Å². The lowest BCUT2D eigenvalue weighted by Crippen LogP contribution is -2.57. The summed E-state index contributed by atoms with van der Waals surface area (Å²) >= 11 is 0. The molecule has 43 heavy (non-hydrogen) atoms. The summed E-state index contributed by atoms with van der Waals surface area (Å²) in [5.41, 5.74) is 6.05. The molecule has 1 unspecified atom stereocenters. The van der Waals surface area contributed by atoms with E-state index >= 15 is 0 Å². The molecule has 1 heterocycles. The van der Waals surface area contributed by atoms with Gasteiger partial charge in [-0.1, -0.05) is 12.1 Å². The minimum absolute atomic E-state index is 0.0419. The standard InChI is InChI=1S/C25H34N6O11S/c26-7-1-2-15-22(37)27-10-19(33)28-17(9-21(35)36)24(39)31-18(25(40)41)11-43(42)12-20(34)29-16(23(38)30-15)8-13-3-5-14(32)6-4-13/h3-6,15-18,32H,1-2,7-12,26H2,(H,27,37)(H,28,33)(H,29,34)(H,30,38)(H,31,39)(H,35,36)(H,40,41)/t15-,16+,17-,18-,43?/m0/s1. The number of hydrogen-bond acceptors (Lipinski definition) is 10. The lowest BCUT2D eigenvalue weighted by atomic mass is 10.0. The van der Waals surface area contributed by atoms with Crippen molar-refractivity contribution in [2.75, 3.05) is 24.6 Å². The third kappa shape index (κ3) is 12.0. The number of nitrogens with two attached hydrogens (primary N) is 1. The molecule has 0 spiro atoms. The molecule has 0 saturated carbocycles. The maximum absolute atomic E-state index is 13.3. The Morgan fingerprint density at radius 3 is 2.09 bits per heavy atom. The average Bonchev–Trinajstić information content (AvgIpc) is 2.92. The Morgan fingerprint density at radius 2 is 1.49 bits per heavy atom. The largest absolute Gasteiger partial charge is 0.508 e. The molecule has 5 atom stereocenters. The van der Waals surface area contributed by atoms with E-state index in [1.54, 1.807) is 0 Å². The van der Waals surface area contributed by atoms with Crippen LogP contribution in [0, 0.1) is 0 Å². The van der Waals surface area contributed by atoms with Crippen LogP contribution in [0.5, 0.6) is 5.75 Å². The van der Waals surface area contributed by atoms with Crippen molar-refractivity contribution in [1.82, 2.24) is 26.6 Å². The van der Waals surface area contributed by atoms with E-state index in [-0.39, 0.29) is 31.6 Å². The number of phenols is 1. The molecule has 1 saturated heterocycles. The zero-order chi connectivity index (χ0) is 32.1. The first-order chi connectivity index (χ1) is 20.3. The average molecular weight is 627 g/mol. The first-order valence-electron chi connectivity index (χ1n) is 13.0. The van der Waals surface area contributed by atoms with Crippen molar-refractivity contribution in [3.05, 3.63) is 29.8 Å². The van der Waals surface area contributed by atoms with Gasteiger partial charge in [-0.25, -0.2) is 4.79 Å². The zero-order valence-corrected chi connectivity index (χ0v) is 23.7. The lowest BCUT2D eigenvalue weighted by molar-refractivity contribution is -0.143. The zero-order valence-electron chi connectivity index (χ0n) is 22.9. The van der Waals surface area contributed by atoms with Crippen molar-refractivity contribution in [3.8, 4) is 5.75 Å². The normalized spacial score (nSPS) is 24.7. The molecule has 1 fully saturated rings. The van der Waals surface area contributed by atoms with Gasteiger partial charge in [-0.15, -0.1) is 0 Å². The highest BCUT2D eigenvalue weighted by Crippen LogP contribution is 2.12. The molecule has 1 aliphatic rings. The van der Waals surface area contributed by atoms with E-state index in [9.17, 15) is 48.0 Å². The Balaban J connectivity index is 2.40. The molecule has 0 bridgehead atoms. The summed E-state index contributed by atoms with van der Waals surface area (Å²) in [5.74, 6) is -9.47. The molecule has 0 aliphatic carbocycles. The fourth-order valence-corrected chi connectivity index (χ4v) is 5.03.